The second-order valence-electron chi connectivity index (χ2n) is 7.03. The molecule has 1 N–H and O–H groups in total. The summed E-state index contributed by atoms with van der Waals surface area (Å²) in [5.41, 5.74) is 2.05. The topological polar surface area (TPSA) is 80.7 Å². The zero-order valence-corrected chi connectivity index (χ0v) is 17.5. The van der Waals surface area contributed by atoms with Crippen LogP contribution in [-0.2, 0) is 10.0 Å². The highest BCUT2D eigenvalue weighted by Crippen LogP contribution is 2.22. The summed E-state index contributed by atoms with van der Waals surface area (Å²) in [4.78, 5) is 1.25. The molecule has 3 heterocycles. The highest BCUT2D eigenvalue weighted by molar-refractivity contribution is 7.91. The largest absolute Gasteiger partial charge is 0.415 e. The van der Waals surface area contributed by atoms with Crippen LogP contribution in [0.15, 0.2) is 50.4 Å². The first-order chi connectivity index (χ1) is 13.4. The van der Waals surface area contributed by atoms with Gasteiger partial charge >= 0.3 is 0 Å². The van der Waals surface area contributed by atoms with Gasteiger partial charge in [-0.3, -0.25) is 0 Å². The van der Waals surface area contributed by atoms with Crippen LogP contribution < -0.4 is 4.90 Å². The first-order valence-corrected chi connectivity index (χ1v) is 11.6. The fourth-order valence-electron chi connectivity index (χ4n) is 3.46. The van der Waals surface area contributed by atoms with Gasteiger partial charge in [0.15, 0.2) is 6.04 Å². The zero-order chi connectivity index (χ0) is 19.7. The van der Waals surface area contributed by atoms with Crippen LogP contribution in [0, 0.1) is 6.92 Å². The van der Waals surface area contributed by atoms with Crippen LogP contribution in [0.5, 0.6) is 0 Å². The molecular weight excluding hydrogens is 396 g/mol. The zero-order valence-electron chi connectivity index (χ0n) is 15.8. The van der Waals surface area contributed by atoms with E-state index in [1.165, 1.54) is 16.2 Å². The van der Waals surface area contributed by atoms with Crippen molar-refractivity contribution < 1.29 is 17.7 Å². The van der Waals surface area contributed by atoms with Crippen LogP contribution in [0.3, 0.4) is 0 Å². The highest BCUT2D eigenvalue weighted by atomic mass is 32.2. The molecule has 28 heavy (non-hydrogen) atoms. The molecule has 0 saturated carbocycles. The average molecular weight is 420 g/mol. The van der Waals surface area contributed by atoms with Crippen LogP contribution >= 0.6 is 11.3 Å². The van der Waals surface area contributed by atoms with Gasteiger partial charge in [-0.2, -0.15) is 4.31 Å². The number of benzene rings is 1. The molecule has 3 aromatic rings. The summed E-state index contributed by atoms with van der Waals surface area (Å²) in [5.74, 6) is 1.10. The molecule has 0 spiro atoms. The smallest absolute Gasteiger partial charge is 0.274 e. The van der Waals surface area contributed by atoms with Gasteiger partial charge in [-0.1, -0.05) is 23.8 Å². The number of quaternary nitrogens is 1. The van der Waals surface area contributed by atoms with Gasteiger partial charge in [0.25, 0.3) is 15.9 Å². The van der Waals surface area contributed by atoms with Gasteiger partial charge in [-0.25, -0.2) is 8.42 Å². The Morgan fingerprint density at radius 1 is 1.18 bits per heavy atom. The minimum atomic E-state index is -3.38. The van der Waals surface area contributed by atoms with Gasteiger partial charge in [-0.15, -0.1) is 21.5 Å². The SMILES string of the molecule is Cc1cccc(-c2nnc([C@@H](C)[NH+]3CCN(S(=O)(=O)c4cccs4)CC3)o2)c1. The van der Waals surface area contributed by atoms with Crippen molar-refractivity contribution >= 4 is 21.4 Å². The fourth-order valence-corrected chi connectivity index (χ4v) is 6.05. The van der Waals surface area contributed by atoms with E-state index in [1.54, 1.807) is 21.8 Å². The van der Waals surface area contributed by atoms with Crippen molar-refractivity contribution in [3.63, 3.8) is 0 Å². The molecule has 1 fully saturated rings. The standard InChI is InChI=1S/C19H22N4O3S2/c1-14-5-3-6-16(13-14)19-21-20-18(26-19)15(2)22-8-10-23(11-9-22)28(24,25)17-7-4-12-27-17/h3-7,12-13,15H,8-11H2,1-2H3/p+1/t15-/m1/s1. The Labute approximate surface area is 168 Å². The molecule has 1 aromatic carbocycles. The molecule has 0 bridgehead atoms. The molecule has 0 radical (unpaired) electrons. The van der Waals surface area contributed by atoms with Crippen molar-refractivity contribution in [1.82, 2.24) is 14.5 Å². The summed E-state index contributed by atoms with van der Waals surface area (Å²) in [6.07, 6.45) is 0. The Hall–Kier alpha value is -2.07. The predicted octanol–water partition coefficient (Wildman–Crippen LogP) is 1.76. The van der Waals surface area contributed by atoms with Crippen LogP contribution in [0.1, 0.15) is 24.4 Å². The third-order valence-corrected chi connectivity index (χ3v) is 8.41. The predicted molar refractivity (Wildman–Crippen MR) is 107 cm³/mol. The van der Waals surface area contributed by atoms with Crippen molar-refractivity contribution in [3.05, 3.63) is 53.2 Å². The summed E-state index contributed by atoms with van der Waals surface area (Å²) in [7, 11) is -3.38. The number of aromatic nitrogens is 2. The number of nitrogens with one attached hydrogen (secondary N) is 1. The monoisotopic (exact) mass is 419 g/mol. The van der Waals surface area contributed by atoms with Crippen molar-refractivity contribution in [3.8, 4) is 11.5 Å². The molecule has 2 aromatic heterocycles. The molecule has 0 aliphatic carbocycles. The number of piperazine rings is 1. The normalized spacial score (nSPS) is 17.6. The van der Waals surface area contributed by atoms with E-state index in [2.05, 4.69) is 10.2 Å². The molecule has 9 heteroatoms. The summed E-state index contributed by atoms with van der Waals surface area (Å²) in [6, 6.07) is 11.4. The maximum atomic E-state index is 12.7. The molecule has 1 aliphatic heterocycles. The van der Waals surface area contributed by atoms with Gasteiger partial charge in [0.2, 0.25) is 5.89 Å². The van der Waals surface area contributed by atoms with E-state index in [1.807, 2.05) is 38.1 Å². The van der Waals surface area contributed by atoms with Crippen LogP contribution in [-0.4, -0.2) is 49.1 Å². The lowest BCUT2D eigenvalue weighted by molar-refractivity contribution is -0.934. The van der Waals surface area contributed by atoms with E-state index >= 15 is 0 Å². The Bertz CT molecular complexity index is 1040. The minimum Gasteiger partial charge on any atom is -0.415 e. The van der Waals surface area contributed by atoms with Crippen molar-refractivity contribution in [2.75, 3.05) is 26.2 Å². The second kappa shape index (κ2) is 7.75. The quantitative estimate of drug-likeness (QED) is 0.682. The molecular formula is C19H23N4O3S2+. The van der Waals surface area contributed by atoms with Crippen LogP contribution in [0.4, 0.5) is 0 Å². The van der Waals surface area contributed by atoms with E-state index in [0.717, 1.165) is 11.1 Å². The summed E-state index contributed by atoms with van der Waals surface area (Å²) < 4.78 is 33.2. The van der Waals surface area contributed by atoms with Gasteiger partial charge in [0, 0.05) is 5.56 Å². The average Bonchev–Trinajstić information content (AvgIpc) is 3.40. The molecule has 0 amide bonds. The maximum absolute atomic E-state index is 12.7. The number of sulfonamides is 1. The Kier molecular flexibility index (Phi) is 5.33. The minimum absolute atomic E-state index is 0.0117. The first kappa shape index (κ1) is 19.3. The Morgan fingerprint density at radius 3 is 2.64 bits per heavy atom. The van der Waals surface area contributed by atoms with E-state index in [9.17, 15) is 8.42 Å². The van der Waals surface area contributed by atoms with E-state index in [-0.39, 0.29) is 6.04 Å². The summed E-state index contributed by atoms with van der Waals surface area (Å²) in [6.45, 7) is 6.45. The number of nitrogens with zero attached hydrogens (tertiary/aromatic N) is 3. The number of aryl methyl sites for hydroxylation is 1. The van der Waals surface area contributed by atoms with Crippen LogP contribution in [0.25, 0.3) is 11.5 Å². The molecule has 148 valence electrons. The lowest BCUT2D eigenvalue weighted by Crippen LogP contribution is -3.14. The maximum Gasteiger partial charge on any atom is 0.274 e. The number of hydrogen-bond acceptors (Lipinski definition) is 6. The van der Waals surface area contributed by atoms with Gasteiger partial charge in [-0.05, 0) is 37.4 Å². The summed E-state index contributed by atoms with van der Waals surface area (Å²) in [5, 5.41) is 10.2. The van der Waals surface area contributed by atoms with Gasteiger partial charge in [0.1, 0.15) is 4.21 Å². The van der Waals surface area contributed by atoms with Crippen molar-refractivity contribution in [2.24, 2.45) is 0 Å². The number of thiophene rings is 1. The lowest BCUT2D eigenvalue weighted by atomic mass is 10.1. The molecule has 1 aliphatic rings. The first-order valence-electron chi connectivity index (χ1n) is 9.24. The van der Waals surface area contributed by atoms with E-state index < -0.39 is 10.0 Å². The number of rotatable bonds is 5. The lowest BCUT2D eigenvalue weighted by Gasteiger charge is -2.33. The Balaban J connectivity index is 1.43. The fraction of sp³-hybridized carbons (Fsp3) is 0.368. The van der Waals surface area contributed by atoms with Crippen molar-refractivity contribution in [2.45, 2.75) is 24.1 Å². The Morgan fingerprint density at radius 2 is 1.96 bits per heavy atom. The second-order valence-corrected chi connectivity index (χ2v) is 10.1. The van der Waals surface area contributed by atoms with E-state index in [4.69, 9.17) is 4.42 Å². The van der Waals surface area contributed by atoms with Crippen LogP contribution in [0.2, 0.25) is 0 Å². The third-order valence-electron chi connectivity index (χ3n) is 5.14. The molecule has 4 rings (SSSR count). The summed E-state index contributed by atoms with van der Waals surface area (Å²) >= 11 is 1.26. The molecule has 1 saturated heterocycles. The third kappa shape index (κ3) is 3.75. The molecule has 1 atom stereocenters. The highest BCUT2D eigenvalue weighted by Gasteiger charge is 2.34. The van der Waals surface area contributed by atoms with Crippen molar-refractivity contribution in [1.29, 1.82) is 0 Å². The number of hydrogen-bond donors (Lipinski definition) is 1. The van der Waals surface area contributed by atoms with Gasteiger partial charge < -0.3 is 9.32 Å². The van der Waals surface area contributed by atoms with E-state index in [0.29, 0.717) is 42.2 Å². The molecule has 7 nitrogen and oxygen atoms in total. The van der Waals surface area contributed by atoms with Gasteiger partial charge in [0.05, 0.1) is 26.2 Å². The molecule has 0 unspecified atom stereocenters.